The normalized spacial score (nSPS) is 29.0. The number of aliphatic hydroxyl groups is 24. The van der Waals surface area contributed by atoms with Gasteiger partial charge in [-0.1, -0.05) is 119 Å². The molecule has 4 aliphatic rings. The van der Waals surface area contributed by atoms with Crippen LogP contribution in [0.1, 0.15) is 81.9 Å². The van der Waals surface area contributed by atoms with Crippen molar-refractivity contribution in [1.29, 1.82) is 10.8 Å². The smallest absolute Gasteiger partial charge is 0.328 e. The van der Waals surface area contributed by atoms with E-state index >= 15 is 0 Å². The van der Waals surface area contributed by atoms with Gasteiger partial charge in [-0.3, -0.25) is 15.8 Å². The minimum absolute atomic E-state index is 0.290. The molecule has 0 radical (unpaired) electrons. The van der Waals surface area contributed by atoms with Gasteiger partial charge < -0.3 is 142 Å². The summed E-state index contributed by atoms with van der Waals surface area (Å²) in [6, 6.07) is 0.0646. The maximum atomic E-state index is 12.8. The number of ether oxygens (including phenoxy) is 1. The van der Waals surface area contributed by atoms with Gasteiger partial charge in [0.2, 0.25) is 64.9 Å². The molecule has 0 amide bonds. The number of benzene rings is 3. The molecule has 43 nitrogen and oxygen atoms in total. The summed E-state index contributed by atoms with van der Waals surface area (Å²) in [6.45, 7) is -2.29. The summed E-state index contributed by atoms with van der Waals surface area (Å²) in [4.78, 5) is 63.8. The summed E-state index contributed by atoms with van der Waals surface area (Å²) < 4.78 is 6.54. The largest absolute Gasteiger partial charge is 0.497 e. The zero-order valence-electron chi connectivity index (χ0n) is 64.8. The van der Waals surface area contributed by atoms with E-state index in [0.29, 0.717) is 21.2 Å². The van der Waals surface area contributed by atoms with Crippen LogP contribution in [0.3, 0.4) is 0 Å². The second-order valence-corrected chi connectivity index (χ2v) is 29.2. The molecule has 4 bridgehead atoms. The number of nitrogens with zero attached hydrogens (tertiary/aromatic N) is 14. The molecule has 44 heteroatoms. The average molecular weight is 1750 g/mol. The third-order valence-corrected chi connectivity index (χ3v) is 19.6. The topological polar surface area (TPSA) is 735 Å². The molecule has 120 heavy (non-hydrogen) atoms. The van der Waals surface area contributed by atoms with E-state index in [1.807, 2.05) is 0 Å². The molecule has 0 unspecified atom stereocenters. The Hall–Kier alpha value is -11.4. The van der Waals surface area contributed by atoms with E-state index in [1.165, 1.54) is 25.1 Å². The molecule has 7 rings (SSSR count). The lowest BCUT2D eigenvalue weighted by Crippen LogP contribution is -2.63. The lowest BCUT2D eigenvalue weighted by atomic mass is 9.93. The molecule has 1 saturated heterocycles. The number of nitrogens with one attached hydrogen (secondary N) is 2. The SMILES string of the molecule is CC(/C=C/c1ccccc1)=C\[C@H](O)[C@@H]1CC(O)=N[C@@H](CO)C(O)=N[C@H]2CN3C=C(C[C@@H](N=C(O)CCC[C@@H](C(=O)O)N=C(O)[C@H](O)CN=C(O)[C@H]([C@@H](C)c4ccc(Br)cc4)N=C(O)[C@H]([C@@H](O)C(=N)O)N=C(O)[C@H](CC(=N)O)N=C2O)C(O)=N[C@H]([C@H](C)O)C(O)=N[C@@H](CO)C(O)=N[C@@H](Cc2ccccc2)C(O)=N1)N([C@@H]1O[C@H](CO)[C@@H](O)[C@H](O)[C@H]1O)C3. The minimum atomic E-state index is -2.72. The molecule has 0 spiro atoms. The van der Waals surface area contributed by atoms with Gasteiger partial charge in [-0.05, 0) is 55.5 Å². The van der Waals surface area contributed by atoms with Gasteiger partial charge in [0.1, 0.15) is 60.7 Å². The van der Waals surface area contributed by atoms with Gasteiger partial charge in [-0.25, -0.2) is 59.7 Å². The van der Waals surface area contributed by atoms with Crippen molar-refractivity contribution in [2.75, 3.05) is 39.6 Å². The van der Waals surface area contributed by atoms with E-state index in [2.05, 4.69) is 75.8 Å². The molecule has 4 aliphatic heterocycles. The van der Waals surface area contributed by atoms with Crippen molar-refractivity contribution in [2.24, 2.45) is 59.9 Å². The van der Waals surface area contributed by atoms with Crippen LogP contribution in [0.4, 0.5) is 0 Å². The number of carboxylic acid groups (broad SMARTS) is 1. The van der Waals surface area contributed by atoms with Crippen LogP contribution in [-0.4, -0.2) is 387 Å². The fraction of sp³-hybridized carbons (Fsp3) is 0.487. The first kappa shape index (κ1) is 95.7. The Kier molecular flexibility index (Phi) is 36.0. The van der Waals surface area contributed by atoms with Crippen LogP contribution in [0.15, 0.2) is 179 Å². The van der Waals surface area contributed by atoms with Crippen molar-refractivity contribution < 1.29 is 137 Å². The second-order valence-electron chi connectivity index (χ2n) is 28.3. The molecule has 4 heterocycles. The molecule has 0 aromatic heterocycles. The van der Waals surface area contributed by atoms with E-state index in [4.69, 9.17) is 15.6 Å². The Balaban J connectivity index is 1.58. The number of aliphatic carboxylic acids is 1. The van der Waals surface area contributed by atoms with Gasteiger partial charge >= 0.3 is 5.97 Å². The third-order valence-electron chi connectivity index (χ3n) is 19.1. The Bertz CT molecular complexity index is 4470. The van der Waals surface area contributed by atoms with Gasteiger partial charge in [0.25, 0.3) is 0 Å². The number of fused-ring (bicyclic) bond motifs is 2. The summed E-state index contributed by atoms with van der Waals surface area (Å²) in [7, 11) is 0. The van der Waals surface area contributed by atoms with Crippen LogP contribution in [0.25, 0.3) is 6.08 Å². The van der Waals surface area contributed by atoms with Gasteiger partial charge in [0, 0.05) is 48.0 Å². The molecule has 21 atom stereocenters. The predicted octanol–water partition coefficient (Wildman–Crippen LogP) is 2.18. The number of rotatable bonds is 18. The third kappa shape index (κ3) is 27.3. The number of carbonyl (C=O) groups is 1. The van der Waals surface area contributed by atoms with Gasteiger partial charge in [-0.2, -0.15) is 0 Å². The van der Waals surface area contributed by atoms with Gasteiger partial charge in [0.05, 0.1) is 64.2 Å². The van der Waals surface area contributed by atoms with Gasteiger partial charge in [-0.15, -0.1) is 0 Å². The van der Waals surface area contributed by atoms with Crippen molar-refractivity contribution >= 4 is 111 Å². The molecular formula is C76H101BrN16O27. The van der Waals surface area contributed by atoms with Gasteiger partial charge in [0.15, 0.2) is 60.2 Å². The number of hydrogen-bond donors (Lipinski definition) is 27. The summed E-state index contributed by atoms with van der Waals surface area (Å²) >= 11 is 3.31. The Morgan fingerprint density at radius 1 is 0.592 bits per heavy atom. The number of carboxylic acids is 1. The van der Waals surface area contributed by atoms with Crippen molar-refractivity contribution in [3.63, 3.8) is 0 Å². The summed E-state index contributed by atoms with van der Waals surface area (Å²) in [5.74, 6) is -20.7. The lowest BCUT2D eigenvalue weighted by molar-refractivity contribution is -0.261. The highest BCUT2D eigenvalue weighted by atomic mass is 79.9. The van der Waals surface area contributed by atoms with Crippen LogP contribution in [0.5, 0.6) is 0 Å². The van der Waals surface area contributed by atoms with Crippen LogP contribution in [0, 0.1) is 10.8 Å². The van der Waals surface area contributed by atoms with Crippen molar-refractivity contribution in [3.8, 4) is 0 Å². The first-order valence-corrected chi connectivity index (χ1v) is 38.2. The predicted molar refractivity (Wildman–Crippen MR) is 444 cm³/mol. The van der Waals surface area contributed by atoms with E-state index < -0.39 is 294 Å². The second kappa shape index (κ2) is 45.1. The van der Waals surface area contributed by atoms with Crippen LogP contribution < -0.4 is 0 Å². The average Bonchev–Trinajstić information content (AvgIpc) is 1.61. The Morgan fingerprint density at radius 2 is 1.17 bits per heavy atom. The first-order valence-electron chi connectivity index (χ1n) is 37.4. The number of hydrogen-bond acceptors (Lipinski definition) is 28. The highest BCUT2D eigenvalue weighted by molar-refractivity contribution is 9.10. The van der Waals surface area contributed by atoms with Crippen LogP contribution in [0.2, 0.25) is 0 Å². The molecule has 654 valence electrons. The van der Waals surface area contributed by atoms with Crippen molar-refractivity contribution in [2.45, 2.75) is 193 Å². The van der Waals surface area contributed by atoms with Crippen molar-refractivity contribution in [1.82, 2.24) is 9.80 Å². The number of aliphatic imine (C=N–C) groups is 12. The molecule has 0 aliphatic carbocycles. The molecular weight excluding hydrogens is 1650 g/mol. The Morgan fingerprint density at radius 3 is 1.78 bits per heavy atom. The molecule has 3 aromatic rings. The molecule has 3 aromatic carbocycles. The molecule has 0 saturated carbocycles. The molecule has 27 N–H and O–H groups in total. The lowest BCUT2D eigenvalue weighted by Gasteiger charge is -2.45. The summed E-state index contributed by atoms with van der Waals surface area (Å²) in [5, 5.41) is 304. The number of halogens is 1. The van der Waals surface area contributed by atoms with Crippen molar-refractivity contribution in [3.05, 3.63) is 136 Å². The van der Waals surface area contributed by atoms with Crippen LogP contribution >= 0.6 is 15.9 Å². The number of aliphatic hydroxyl groups excluding tert-OH is 24. The monoisotopic (exact) mass is 1750 g/mol. The maximum absolute atomic E-state index is 12.8. The van der Waals surface area contributed by atoms with Crippen LogP contribution in [-0.2, 0) is 16.0 Å². The zero-order valence-corrected chi connectivity index (χ0v) is 66.4. The summed E-state index contributed by atoms with van der Waals surface area (Å²) in [6.07, 6.45) is -18.2. The molecule has 1 fully saturated rings. The van der Waals surface area contributed by atoms with E-state index in [0.717, 1.165) is 28.5 Å². The van der Waals surface area contributed by atoms with E-state index in [1.54, 1.807) is 91.9 Å². The quantitative estimate of drug-likeness (QED) is 0.0493. The maximum Gasteiger partial charge on any atom is 0.328 e. The fourth-order valence-electron chi connectivity index (χ4n) is 12.5. The highest BCUT2D eigenvalue weighted by Gasteiger charge is 2.48. The minimum Gasteiger partial charge on any atom is -0.497 e. The number of allylic oxidation sites excluding steroid dienone is 2. The zero-order chi connectivity index (χ0) is 88.5. The fourth-order valence-corrected chi connectivity index (χ4v) is 12.8. The van der Waals surface area contributed by atoms with E-state index in [-0.39, 0.29) is 12.1 Å². The Labute approximate surface area is 693 Å². The first-order chi connectivity index (χ1) is 56.8. The highest BCUT2D eigenvalue weighted by Crippen LogP contribution is 2.34. The standard InChI is InChI=1S/C76H101BrN16O27/c1-35(17-18-38-11-6-4-7-12-38)23-51(98)44-27-56(102)82-49(31-94)69(112)87-48-30-92-29-42(93(34-92)75-63(106)62(105)60(103)53(33-96)120-75)25-46(66(109)90-58(37(3)97)73(116)88-50(32-95)70(113)85-45(65(108)84-44)24-39-13-8-5-9-14-39)81-55(101)16-10-15-43(76(118)119)83-71(114)52(99)28-80-72(115)57(36(2)40-19-21-41(77)22-20-40)89-74(117)59(61(104)64(79)107)91-67(110)47(26-54(78)100)86-68(48)111/h4-9,11-14,17-23,29,36-37,43-53,57-63,75,94-99,103-106H,10,15-16,24-28,30-34H2,1-3H3,(H2,78,100)(H2,79,107)(H,80,115)(H,81,101)(H,82,102)(H,83,114)(H,84,108)(H,85,113)(H,86,111)(H,87,112)(H,88,116)(H,89,117)(H,90,109)(H,91,110)(H,118,119)/b18-17+,35-23+/t36-,37-,43-,44-,45-,46+,47-,48-,49-,50-,51-,52+,53+,57-,58+,59-,60+,61+,62-,63+,75+/m0/s1. The summed E-state index contributed by atoms with van der Waals surface area (Å²) in [5.41, 5.74) is 1.54. The van der Waals surface area contributed by atoms with E-state index in [9.17, 15) is 132 Å².